The van der Waals surface area contributed by atoms with E-state index in [1.807, 2.05) is 0 Å². The van der Waals surface area contributed by atoms with Crippen molar-refractivity contribution in [1.29, 1.82) is 0 Å². The number of thioether (sulfide) groups is 1. The summed E-state index contributed by atoms with van der Waals surface area (Å²) in [6, 6.07) is 8.84. The summed E-state index contributed by atoms with van der Waals surface area (Å²) in [5, 5.41) is 29.1. The van der Waals surface area contributed by atoms with E-state index in [2.05, 4.69) is 0 Å². The van der Waals surface area contributed by atoms with Crippen LogP contribution >= 0.6 is 24.0 Å². The molecule has 1 saturated heterocycles. The third kappa shape index (κ3) is 4.15. The molecule has 2 aromatic carbocycles. The third-order valence-corrected chi connectivity index (χ3v) is 5.17. The quantitative estimate of drug-likeness (QED) is 0.316. The molecule has 29 heavy (non-hydrogen) atoms. The molecule has 2 aromatic rings. The molecule has 0 bridgehead atoms. The van der Waals surface area contributed by atoms with E-state index in [4.69, 9.17) is 12.2 Å². The Bertz CT molecular complexity index is 1080. The van der Waals surface area contributed by atoms with Gasteiger partial charge in [-0.3, -0.25) is 19.8 Å². The Kier molecular flexibility index (Phi) is 5.43. The molecule has 1 fully saturated rings. The van der Waals surface area contributed by atoms with E-state index in [-0.39, 0.29) is 31.7 Å². The number of thiocarbonyl (C=S) groups is 1. The number of amides is 1. The van der Waals surface area contributed by atoms with E-state index < -0.39 is 22.8 Å². The number of carboxylic acids is 2. The fourth-order valence-electron chi connectivity index (χ4n) is 2.52. The highest BCUT2D eigenvalue weighted by Gasteiger charge is 2.34. The fourth-order valence-corrected chi connectivity index (χ4v) is 3.82. The number of rotatable bonds is 5. The highest BCUT2D eigenvalue weighted by molar-refractivity contribution is 8.27. The van der Waals surface area contributed by atoms with E-state index in [0.29, 0.717) is 5.56 Å². The summed E-state index contributed by atoms with van der Waals surface area (Å²) >= 11 is 6.16. The number of carbonyl (C=O) groups is 3. The molecule has 3 rings (SSSR count). The van der Waals surface area contributed by atoms with Gasteiger partial charge < -0.3 is 10.2 Å². The number of benzene rings is 2. The first kappa shape index (κ1) is 20.2. The fraction of sp³-hybridized carbons (Fsp3) is 0. The molecule has 0 atom stereocenters. The van der Waals surface area contributed by atoms with Gasteiger partial charge in [-0.05, 0) is 42.0 Å². The van der Waals surface area contributed by atoms with Gasteiger partial charge in [-0.25, -0.2) is 9.59 Å². The van der Waals surface area contributed by atoms with Crippen LogP contribution in [0.5, 0.6) is 0 Å². The van der Waals surface area contributed by atoms with Gasteiger partial charge in [0.2, 0.25) is 0 Å². The summed E-state index contributed by atoms with van der Waals surface area (Å²) in [5.41, 5.74) is -0.138. The molecule has 1 aliphatic heterocycles. The van der Waals surface area contributed by atoms with Crippen molar-refractivity contribution in [3.05, 3.63) is 74.2 Å². The smallest absolute Gasteiger partial charge is 0.335 e. The predicted molar refractivity (Wildman–Crippen MR) is 109 cm³/mol. The third-order valence-electron chi connectivity index (χ3n) is 3.87. The molecule has 0 unspecified atom stereocenters. The second-order valence-corrected chi connectivity index (χ2v) is 7.42. The molecule has 11 heteroatoms. The normalized spacial score (nSPS) is 15.0. The van der Waals surface area contributed by atoms with E-state index in [0.717, 1.165) is 34.9 Å². The van der Waals surface area contributed by atoms with Crippen molar-refractivity contribution in [3.8, 4) is 0 Å². The van der Waals surface area contributed by atoms with Crippen LogP contribution in [0.25, 0.3) is 6.08 Å². The van der Waals surface area contributed by atoms with Gasteiger partial charge in [0.25, 0.3) is 11.6 Å². The van der Waals surface area contributed by atoms with Gasteiger partial charge in [0.05, 0.1) is 26.6 Å². The summed E-state index contributed by atoms with van der Waals surface area (Å²) in [7, 11) is 0. The predicted octanol–water partition coefficient (Wildman–Crippen LogP) is 3.40. The number of hydrogen-bond donors (Lipinski definition) is 2. The van der Waals surface area contributed by atoms with E-state index in [1.165, 1.54) is 30.3 Å². The van der Waals surface area contributed by atoms with Crippen molar-refractivity contribution in [2.24, 2.45) is 0 Å². The van der Waals surface area contributed by atoms with Crippen LogP contribution in [0.3, 0.4) is 0 Å². The number of aromatic carboxylic acids is 2. The minimum Gasteiger partial charge on any atom is -0.478 e. The lowest BCUT2D eigenvalue weighted by molar-refractivity contribution is -0.384. The van der Waals surface area contributed by atoms with Crippen molar-refractivity contribution in [2.45, 2.75) is 0 Å². The molecular weight excluding hydrogens is 420 g/mol. The first-order valence-corrected chi connectivity index (χ1v) is 9.04. The average molecular weight is 430 g/mol. The molecule has 1 amide bonds. The Balaban J connectivity index is 1.98. The number of carbonyl (C=O) groups excluding carboxylic acids is 1. The zero-order valence-corrected chi connectivity index (χ0v) is 15.9. The number of hydrogen-bond acceptors (Lipinski definition) is 7. The highest BCUT2D eigenvalue weighted by Crippen LogP contribution is 2.37. The summed E-state index contributed by atoms with van der Waals surface area (Å²) in [4.78, 5) is 46.8. The number of anilines is 1. The Morgan fingerprint density at radius 2 is 1.62 bits per heavy atom. The Labute approximate surface area is 172 Å². The second kappa shape index (κ2) is 7.81. The SMILES string of the molecule is O=C(O)c1cc(C(=O)O)cc(N2C(=O)/C(=C/c3ccc([N+](=O)[O-])cc3)SC2=S)c1. The van der Waals surface area contributed by atoms with Crippen LogP contribution in [-0.4, -0.2) is 37.3 Å². The van der Waals surface area contributed by atoms with E-state index >= 15 is 0 Å². The minimum atomic E-state index is -1.35. The zero-order chi connectivity index (χ0) is 21.3. The molecule has 0 spiro atoms. The van der Waals surface area contributed by atoms with Gasteiger partial charge in [0.15, 0.2) is 4.32 Å². The van der Waals surface area contributed by atoms with E-state index in [9.17, 15) is 34.7 Å². The molecule has 1 heterocycles. The number of non-ortho nitro benzene ring substituents is 1. The molecular formula is C18H10N2O7S2. The molecule has 0 saturated carbocycles. The number of nitro groups is 1. The first-order chi connectivity index (χ1) is 13.7. The maximum atomic E-state index is 12.8. The summed E-state index contributed by atoms with van der Waals surface area (Å²) < 4.78 is 0.0991. The van der Waals surface area contributed by atoms with Crippen molar-refractivity contribution >= 4 is 63.6 Å². The molecule has 1 aliphatic rings. The molecule has 0 radical (unpaired) electrons. The maximum Gasteiger partial charge on any atom is 0.335 e. The molecule has 2 N–H and O–H groups in total. The standard InChI is InChI=1S/C18H10N2O7S2/c21-15-14(5-9-1-3-12(4-2-9)20(26)27)29-18(28)19(15)13-7-10(16(22)23)6-11(8-13)17(24)25/h1-8H,(H,22,23)(H,24,25)/b14-5-. The number of carboxylic acid groups (broad SMARTS) is 2. The topological polar surface area (TPSA) is 138 Å². The van der Waals surface area contributed by atoms with Crippen molar-refractivity contribution < 1.29 is 29.5 Å². The summed E-state index contributed by atoms with van der Waals surface area (Å²) in [6.07, 6.45) is 1.49. The van der Waals surface area contributed by atoms with Crippen molar-refractivity contribution in [2.75, 3.05) is 4.90 Å². The van der Waals surface area contributed by atoms with E-state index in [1.54, 1.807) is 0 Å². The summed E-state index contributed by atoms with van der Waals surface area (Å²) in [6.45, 7) is 0. The van der Waals surface area contributed by atoms with Crippen molar-refractivity contribution in [3.63, 3.8) is 0 Å². The van der Waals surface area contributed by atoms with Gasteiger partial charge in [0, 0.05) is 12.1 Å². The molecule has 146 valence electrons. The van der Waals surface area contributed by atoms with Gasteiger partial charge in [-0.15, -0.1) is 0 Å². The Morgan fingerprint density at radius 1 is 1.07 bits per heavy atom. The maximum absolute atomic E-state index is 12.8. The van der Waals surface area contributed by atoms with Crippen molar-refractivity contribution in [1.82, 2.24) is 0 Å². The molecule has 0 aliphatic carbocycles. The monoisotopic (exact) mass is 430 g/mol. The lowest BCUT2D eigenvalue weighted by Crippen LogP contribution is -2.28. The van der Waals surface area contributed by atoms with Crippen LogP contribution in [0.4, 0.5) is 11.4 Å². The van der Waals surface area contributed by atoms with Crippen LogP contribution in [0.1, 0.15) is 26.3 Å². The average Bonchev–Trinajstić information content (AvgIpc) is 2.94. The Morgan fingerprint density at radius 3 is 2.10 bits per heavy atom. The van der Waals surface area contributed by atoms with Crippen LogP contribution in [0, 0.1) is 10.1 Å². The van der Waals surface area contributed by atoms with Crippen LogP contribution in [-0.2, 0) is 4.79 Å². The minimum absolute atomic E-state index is 0.0249. The van der Waals surface area contributed by atoms with Crippen LogP contribution in [0.15, 0.2) is 47.4 Å². The molecule has 0 aromatic heterocycles. The largest absolute Gasteiger partial charge is 0.478 e. The van der Waals surface area contributed by atoms with Gasteiger partial charge >= 0.3 is 11.9 Å². The highest BCUT2D eigenvalue weighted by atomic mass is 32.2. The Hall–Kier alpha value is -3.57. The lowest BCUT2D eigenvalue weighted by Gasteiger charge is -2.16. The van der Waals surface area contributed by atoms with Gasteiger partial charge in [-0.2, -0.15) is 0 Å². The lowest BCUT2D eigenvalue weighted by atomic mass is 10.1. The van der Waals surface area contributed by atoms with Gasteiger partial charge in [-0.1, -0.05) is 24.0 Å². The first-order valence-electron chi connectivity index (χ1n) is 7.81. The zero-order valence-electron chi connectivity index (χ0n) is 14.3. The molecule has 9 nitrogen and oxygen atoms in total. The summed E-state index contributed by atoms with van der Waals surface area (Å²) in [5.74, 6) is -3.25. The van der Waals surface area contributed by atoms with Gasteiger partial charge in [0.1, 0.15) is 0 Å². The van der Waals surface area contributed by atoms with Crippen LogP contribution < -0.4 is 4.90 Å². The number of nitro benzene ring substituents is 1. The number of nitrogens with zero attached hydrogens (tertiary/aromatic N) is 2. The van der Waals surface area contributed by atoms with Crippen LogP contribution in [0.2, 0.25) is 0 Å². The second-order valence-electron chi connectivity index (χ2n) is 5.74.